The van der Waals surface area contributed by atoms with E-state index in [4.69, 9.17) is 9.97 Å². The molecule has 4 heterocycles. The summed E-state index contributed by atoms with van der Waals surface area (Å²) in [5.41, 5.74) is 4.46. The van der Waals surface area contributed by atoms with Crippen molar-refractivity contribution >= 4 is 5.91 Å². The quantitative estimate of drug-likeness (QED) is 0.0541. The van der Waals surface area contributed by atoms with Crippen LogP contribution in [0.5, 0.6) is 0 Å². The third-order valence-electron chi connectivity index (χ3n) is 12.0. The van der Waals surface area contributed by atoms with Gasteiger partial charge in [0, 0.05) is 43.3 Å². The van der Waals surface area contributed by atoms with Crippen molar-refractivity contribution in [3.8, 4) is 33.6 Å². The number of nitrogens with zero attached hydrogens (tertiary/aromatic N) is 4. The molecule has 0 fully saturated rings. The molecule has 0 saturated heterocycles. The average molecular weight is 817 g/mol. The zero-order valence-electron chi connectivity index (χ0n) is 37.2. The van der Waals surface area contributed by atoms with E-state index in [0.717, 1.165) is 39.3 Å². The van der Waals surface area contributed by atoms with E-state index < -0.39 is 35.3 Å². The van der Waals surface area contributed by atoms with Gasteiger partial charge in [-0.05, 0) is 71.2 Å². The first-order valence-corrected chi connectivity index (χ1v) is 20.6. The summed E-state index contributed by atoms with van der Waals surface area (Å²) in [7, 11) is 3.74. The number of nitrogens with one attached hydrogen (secondary N) is 4. The van der Waals surface area contributed by atoms with Crippen molar-refractivity contribution in [2.45, 2.75) is 99.8 Å². The summed E-state index contributed by atoms with van der Waals surface area (Å²) in [6.07, 6.45) is 4.43. The van der Waals surface area contributed by atoms with Crippen LogP contribution in [0.25, 0.3) is 33.6 Å². The molecule has 7 N–H and O–H groups in total. The zero-order chi connectivity index (χ0) is 43.9. The third-order valence-corrected chi connectivity index (χ3v) is 12.0. The minimum atomic E-state index is -1.09. The summed E-state index contributed by atoms with van der Waals surface area (Å²) in [5, 5.41) is 40.5. The summed E-state index contributed by atoms with van der Waals surface area (Å²) < 4.78 is 3.70. The fourth-order valence-corrected chi connectivity index (χ4v) is 7.61. The monoisotopic (exact) mass is 817 g/mol. The van der Waals surface area contributed by atoms with Crippen LogP contribution < -0.4 is 10.6 Å². The topological polar surface area (TPSA) is 169 Å². The lowest BCUT2D eigenvalue weighted by molar-refractivity contribution is -0.137. The summed E-state index contributed by atoms with van der Waals surface area (Å²) in [5.74, 6) is 1.08. The Morgan fingerprint density at radius 3 is 1.40 bits per heavy atom. The molecule has 0 spiro atoms. The predicted molar refractivity (Wildman–Crippen MR) is 237 cm³/mol. The van der Waals surface area contributed by atoms with Crippen LogP contribution in [0.3, 0.4) is 0 Å². The second-order valence-corrected chi connectivity index (χ2v) is 19.6. The summed E-state index contributed by atoms with van der Waals surface area (Å²) in [6.45, 7) is 19.7. The van der Waals surface area contributed by atoms with Crippen LogP contribution in [0.4, 0.5) is 0 Å². The number of benzene rings is 2. The van der Waals surface area contributed by atoms with Crippen LogP contribution in [0, 0.1) is 21.7 Å². The molecule has 4 aromatic heterocycles. The third kappa shape index (κ3) is 9.07. The molecule has 12 heteroatoms. The fraction of sp³-hybridized carbons (Fsp3) is 0.438. The number of hydrogen-bond acceptors (Lipinski definition) is 7. The van der Waals surface area contributed by atoms with Crippen LogP contribution in [-0.2, 0) is 18.9 Å². The number of carbonyl (C=O) groups excluding carboxylic acids is 1. The molecule has 0 radical (unpaired) electrons. The van der Waals surface area contributed by atoms with E-state index >= 15 is 0 Å². The Kier molecular flexibility index (Phi) is 12.3. The lowest BCUT2D eigenvalue weighted by Gasteiger charge is -2.40. The van der Waals surface area contributed by atoms with Gasteiger partial charge in [0.15, 0.2) is 0 Å². The molecule has 60 heavy (non-hydrogen) atoms. The average Bonchev–Trinajstić information content (AvgIpc) is 4.03. The Morgan fingerprint density at radius 1 is 0.600 bits per heavy atom. The molecule has 2 aromatic carbocycles. The predicted octanol–water partition coefficient (Wildman–Crippen LogP) is 8.53. The van der Waals surface area contributed by atoms with Crippen molar-refractivity contribution in [3.05, 3.63) is 121 Å². The van der Waals surface area contributed by atoms with Crippen LogP contribution in [0.2, 0.25) is 0 Å². The highest BCUT2D eigenvalue weighted by Crippen LogP contribution is 2.41. The van der Waals surface area contributed by atoms with Gasteiger partial charge in [-0.3, -0.25) is 10.1 Å². The van der Waals surface area contributed by atoms with E-state index in [0.29, 0.717) is 17.3 Å². The Labute approximate surface area is 354 Å². The fourth-order valence-electron chi connectivity index (χ4n) is 7.61. The lowest BCUT2D eigenvalue weighted by atomic mass is 9.80. The van der Waals surface area contributed by atoms with Crippen molar-refractivity contribution < 1.29 is 20.1 Å². The van der Waals surface area contributed by atoms with Crippen molar-refractivity contribution in [1.29, 1.82) is 0 Å². The van der Waals surface area contributed by atoms with E-state index in [9.17, 15) is 20.1 Å². The van der Waals surface area contributed by atoms with Crippen molar-refractivity contribution in [2.75, 3.05) is 0 Å². The van der Waals surface area contributed by atoms with Gasteiger partial charge in [0.05, 0.1) is 41.3 Å². The first kappa shape index (κ1) is 44.3. The number of hydrogen-bond donors (Lipinski definition) is 7. The molecule has 6 aromatic rings. The smallest absolute Gasteiger partial charge is 0.229 e. The second kappa shape index (κ2) is 16.6. The number of imidazole rings is 2. The number of amides is 1. The largest absolute Gasteiger partial charge is 0.386 e. The second-order valence-electron chi connectivity index (χ2n) is 19.6. The summed E-state index contributed by atoms with van der Waals surface area (Å²) in [6, 6.07) is 23.2. The zero-order valence-corrected chi connectivity index (χ0v) is 37.2. The van der Waals surface area contributed by atoms with Crippen molar-refractivity contribution in [1.82, 2.24) is 39.7 Å². The molecule has 0 aliphatic heterocycles. The van der Waals surface area contributed by atoms with E-state index in [1.54, 1.807) is 20.0 Å². The Balaban J connectivity index is 1.14. The van der Waals surface area contributed by atoms with Gasteiger partial charge in [0.25, 0.3) is 0 Å². The van der Waals surface area contributed by atoms with Crippen LogP contribution >= 0.6 is 0 Å². The number of aryl methyl sites for hydroxylation is 2. The van der Waals surface area contributed by atoms with Gasteiger partial charge in [-0.15, -0.1) is 0 Å². The lowest BCUT2D eigenvalue weighted by Crippen LogP contribution is -2.49. The van der Waals surface area contributed by atoms with Gasteiger partial charge in [-0.25, -0.2) is 9.97 Å². The van der Waals surface area contributed by atoms with Gasteiger partial charge in [0.1, 0.15) is 30.1 Å². The van der Waals surface area contributed by atoms with Crippen LogP contribution in [0.15, 0.2) is 97.6 Å². The SMILES string of the molecule is Cn1cccc1C(O)C(C)(C)C(=O)NC(c1ncc(-c2ccc(-c3ccc(-c4cnc(C(NC(O)C(C)(C)C(O)c5cccn5C)C(C)(C)C)[nH]4)cc3)cc2)[nH]1)C(C)(C)C. The molecule has 320 valence electrons. The van der Waals surface area contributed by atoms with E-state index in [-0.39, 0.29) is 22.8 Å². The Hall–Kier alpha value is -5.27. The molecule has 0 aliphatic rings. The number of H-pyrrole nitrogens is 2. The number of aliphatic hydroxyl groups excluding tert-OH is 3. The minimum Gasteiger partial charge on any atom is -0.386 e. The van der Waals surface area contributed by atoms with Gasteiger partial charge >= 0.3 is 0 Å². The number of aromatic amines is 2. The maximum absolute atomic E-state index is 13.7. The van der Waals surface area contributed by atoms with Crippen molar-refractivity contribution in [3.63, 3.8) is 0 Å². The molecular formula is C48H64N8O4. The maximum atomic E-state index is 13.7. The molecule has 12 nitrogen and oxygen atoms in total. The van der Waals surface area contributed by atoms with Crippen LogP contribution in [0.1, 0.15) is 117 Å². The van der Waals surface area contributed by atoms with Gasteiger partial charge in [-0.2, -0.15) is 0 Å². The van der Waals surface area contributed by atoms with Gasteiger partial charge in [0.2, 0.25) is 5.91 Å². The first-order chi connectivity index (χ1) is 28.0. The molecular weight excluding hydrogens is 753 g/mol. The Morgan fingerprint density at radius 2 is 1.00 bits per heavy atom. The highest BCUT2D eigenvalue weighted by Gasteiger charge is 2.42. The maximum Gasteiger partial charge on any atom is 0.229 e. The summed E-state index contributed by atoms with van der Waals surface area (Å²) in [4.78, 5) is 30.2. The van der Waals surface area contributed by atoms with E-state index in [1.807, 2.05) is 79.9 Å². The van der Waals surface area contributed by atoms with Crippen molar-refractivity contribution in [2.24, 2.45) is 35.8 Å². The molecule has 0 aliphatic carbocycles. The van der Waals surface area contributed by atoms with E-state index in [2.05, 4.69) is 111 Å². The van der Waals surface area contributed by atoms with Gasteiger partial charge < -0.3 is 39.7 Å². The molecule has 1 amide bonds. The summed E-state index contributed by atoms with van der Waals surface area (Å²) >= 11 is 0. The van der Waals surface area contributed by atoms with Gasteiger partial charge in [-0.1, -0.05) is 104 Å². The van der Waals surface area contributed by atoms with E-state index in [1.165, 1.54) is 0 Å². The number of aromatic nitrogens is 6. The number of rotatable bonds is 14. The molecule has 6 rings (SSSR count). The normalized spacial score (nSPS) is 15.4. The highest BCUT2D eigenvalue weighted by atomic mass is 16.3. The molecule has 5 unspecified atom stereocenters. The molecule has 0 saturated carbocycles. The number of carbonyl (C=O) groups is 1. The highest BCUT2D eigenvalue weighted by molar-refractivity contribution is 5.83. The molecule has 0 bridgehead atoms. The standard InChI is InChI=1S/C48H64N8O4/c1-45(2,3)37(53-43(59)47(7,8)39(57)35-15-13-25-55(35)11)41-49-27-33(51-41)31-21-17-29(18-22-31)30-19-23-32(24-20-30)34-28-50-42(52-34)38(46(4,5)6)54-44(60)48(9,10)40(58)36-16-14-26-56(36)12/h13-28,37-40,43,53,57-59H,1-12H3,(H,49,51)(H,50,52)(H,54,60). The first-order valence-electron chi connectivity index (χ1n) is 20.6. The minimum absolute atomic E-state index is 0.265. The molecule has 5 atom stereocenters. The Bertz CT molecular complexity index is 2370. The number of aliphatic hydroxyl groups is 3. The van der Waals surface area contributed by atoms with Crippen LogP contribution in [-0.4, -0.2) is 56.5 Å².